The molecule has 168 valence electrons. The molecule has 13 heteroatoms. The van der Waals surface area contributed by atoms with Crippen LogP contribution in [0.1, 0.15) is 20.7 Å². The minimum Gasteiger partial charge on any atom is -0.395 e. The van der Waals surface area contributed by atoms with Crippen molar-refractivity contribution in [1.29, 1.82) is 0 Å². The molecule has 3 amide bonds. The average Bonchev–Trinajstić information content (AvgIpc) is 2.70. The van der Waals surface area contributed by atoms with E-state index in [1.165, 1.54) is 4.90 Å². The molecule has 0 aliphatic heterocycles. The Bertz CT molecular complexity index is 746. The fraction of sp³-hybridized carbons (Fsp3) is 0.471. The molecule has 30 heavy (non-hydrogen) atoms. The molecule has 0 atom stereocenters. The zero-order chi connectivity index (χ0) is 22.8. The van der Waals surface area contributed by atoms with Crippen molar-refractivity contribution in [3.8, 4) is 0 Å². The highest BCUT2D eigenvalue weighted by Gasteiger charge is 2.30. The molecule has 0 heterocycles. The van der Waals surface area contributed by atoms with Crippen molar-refractivity contribution in [2.75, 3.05) is 57.9 Å². The lowest BCUT2D eigenvalue weighted by molar-refractivity contribution is -0.117. The van der Waals surface area contributed by atoms with Crippen molar-refractivity contribution in [2.45, 2.75) is 0 Å². The van der Waals surface area contributed by atoms with Gasteiger partial charge in [0.2, 0.25) is 5.91 Å². The maximum atomic E-state index is 12.8. The summed E-state index contributed by atoms with van der Waals surface area (Å²) >= 11 is 5.84. The summed E-state index contributed by atoms with van der Waals surface area (Å²) in [6.45, 7) is -0.294. The highest BCUT2D eigenvalue weighted by molar-refractivity contribution is 14.1. The Morgan fingerprint density at radius 2 is 1.23 bits per heavy atom. The van der Waals surface area contributed by atoms with Crippen LogP contribution < -0.4 is 20.9 Å². The second kappa shape index (κ2) is 13.9. The molecule has 1 aromatic rings. The van der Waals surface area contributed by atoms with Gasteiger partial charge in [-0.2, -0.15) is 0 Å². The predicted molar refractivity (Wildman–Crippen MR) is 137 cm³/mol. The van der Waals surface area contributed by atoms with Crippen LogP contribution in [0, 0.1) is 10.7 Å². The van der Waals surface area contributed by atoms with E-state index in [2.05, 4.69) is 16.0 Å². The van der Waals surface area contributed by atoms with E-state index in [9.17, 15) is 14.4 Å². The van der Waals surface area contributed by atoms with Gasteiger partial charge < -0.3 is 36.2 Å². The second-order valence-electron chi connectivity index (χ2n) is 5.85. The average molecular weight is 760 g/mol. The molecule has 1 rings (SSSR count). The first kappa shape index (κ1) is 27.7. The SMILES string of the molecule is CN(C(=O)CNCCO)c1c(I)c(C(=O)NCCO)c(I)c(C(=O)NCCO)c1I. The van der Waals surface area contributed by atoms with Gasteiger partial charge in [-0.25, -0.2) is 0 Å². The van der Waals surface area contributed by atoms with Gasteiger partial charge in [0, 0.05) is 30.3 Å². The molecule has 0 bridgehead atoms. The normalized spacial score (nSPS) is 10.6. The lowest BCUT2D eigenvalue weighted by Crippen LogP contribution is -2.39. The van der Waals surface area contributed by atoms with Gasteiger partial charge in [0.1, 0.15) is 0 Å². The van der Waals surface area contributed by atoms with Crippen LogP contribution in [-0.4, -0.2) is 86.1 Å². The monoisotopic (exact) mass is 760 g/mol. The van der Waals surface area contributed by atoms with Crippen molar-refractivity contribution < 1.29 is 29.7 Å². The molecule has 0 saturated carbocycles. The van der Waals surface area contributed by atoms with E-state index < -0.39 is 11.8 Å². The summed E-state index contributed by atoms with van der Waals surface area (Å²) in [4.78, 5) is 39.5. The number of nitrogens with zero attached hydrogens (tertiary/aromatic N) is 1. The predicted octanol–water partition coefficient (Wildman–Crippen LogP) is -0.511. The Kier molecular flexibility index (Phi) is 12.9. The highest BCUT2D eigenvalue weighted by atomic mass is 127. The molecule has 0 unspecified atom stereocenters. The number of nitrogens with one attached hydrogen (secondary N) is 3. The molecule has 0 aliphatic carbocycles. The maximum Gasteiger partial charge on any atom is 0.253 e. The first-order valence-corrected chi connectivity index (χ1v) is 12.0. The molecule has 6 N–H and O–H groups in total. The van der Waals surface area contributed by atoms with Gasteiger partial charge in [-0.15, -0.1) is 0 Å². The molecular formula is C17H23I3N4O6. The van der Waals surface area contributed by atoms with Crippen LogP contribution in [0.15, 0.2) is 0 Å². The number of halogens is 3. The summed E-state index contributed by atoms with van der Waals surface area (Å²) in [5.74, 6) is -1.28. The Balaban J connectivity index is 3.56. The summed E-state index contributed by atoms with van der Waals surface area (Å²) in [7, 11) is 1.54. The summed E-state index contributed by atoms with van der Waals surface area (Å²) in [5, 5.41) is 34.9. The third-order valence-electron chi connectivity index (χ3n) is 3.82. The van der Waals surface area contributed by atoms with Crippen LogP contribution in [0.3, 0.4) is 0 Å². The molecule has 1 aromatic carbocycles. The van der Waals surface area contributed by atoms with Crippen LogP contribution in [0.25, 0.3) is 0 Å². The van der Waals surface area contributed by atoms with Crippen molar-refractivity contribution in [3.63, 3.8) is 0 Å². The largest absolute Gasteiger partial charge is 0.395 e. The number of hydrogen-bond donors (Lipinski definition) is 6. The van der Waals surface area contributed by atoms with Crippen LogP contribution in [0.5, 0.6) is 0 Å². The second-order valence-corrected chi connectivity index (χ2v) is 9.09. The lowest BCUT2D eigenvalue weighted by atomic mass is 10.1. The quantitative estimate of drug-likeness (QED) is 0.132. The number of anilines is 1. The van der Waals surface area contributed by atoms with Gasteiger partial charge >= 0.3 is 0 Å². The minimum atomic E-state index is -0.481. The lowest BCUT2D eigenvalue weighted by Gasteiger charge is -2.25. The third kappa shape index (κ3) is 7.09. The first-order chi connectivity index (χ1) is 14.2. The molecule has 0 aromatic heterocycles. The number of carbonyl (C=O) groups excluding carboxylic acids is 3. The number of aliphatic hydroxyl groups is 3. The van der Waals surface area contributed by atoms with Gasteiger partial charge in [0.25, 0.3) is 11.8 Å². The van der Waals surface area contributed by atoms with Gasteiger partial charge in [-0.05, 0) is 67.8 Å². The fourth-order valence-electron chi connectivity index (χ4n) is 2.38. The molecule has 10 nitrogen and oxygen atoms in total. The topological polar surface area (TPSA) is 151 Å². The van der Waals surface area contributed by atoms with Crippen LogP contribution in [-0.2, 0) is 4.79 Å². The number of rotatable bonds is 11. The molecule has 0 radical (unpaired) electrons. The summed E-state index contributed by atoms with van der Waals surface area (Å²) in [5.41, 5.74) is 0.838. The number of hydrogen-bond acceptors (Lipinski definition) is 7. The van der Waals surface area contributed by atoms with Crippen LogP contribution >= 0.6 is 67.8 Å². The van der Waals surface area contributed by atoms with Crippen molar-refractivity contribution in [3.05, 3.63) is 21.8 Å². The maximum absolute atomic E-state index is 12.8. The fourth-order valence-corrected chi connectivity index (χ4v) is 7.25. The van der Waals surface area contributed by atoms with Crippen molar-refractivity contribution >= 4 is 91.2 Å². The van der Waals surface area contributed by atoms with Crippen molar-refractivity contribution in [1.82, 2.24) is 16.0 Å². The number of amides is 3. The number of aliphatic hydroxyl groups excluding tert-OH is 3. The molecular weight excluding hydrogens is 737 g/mol. The van der Waals surface area contributed by atoms with E-state index >= 15 is 0 Å². The van der Waals surface area contributed by atoms with E-state index in [1.807, 2.05) is 67.8 Å². The summed E-state index contributed by atoms with van der Waals surface area (Å²) < 4.78 is 1.36. The number of carbonyl (C=O) groups is 3. The Morgan fingerprint density at radius 3 is 1.63 bits per heavy atom. The van der Waals surface area contributed by atoms with E-state index in [1.54, 1.807) is 7.05 Å². The molecule has 0 aliphatic rings. The molecule has 0 saturated heterocycles. The Morgan fingerprint density at radius 1 is 0.800 bits per heavy atom. The van der Waals surface area contributed by atoms with E-state index in [-0.39, 0.29) is 63.0 Å². The van der Waals surface area contributed by atoms with Gasteiger partial charge in [0.05, 0.1) is 50.3 Å². The molecule has 0 fully saturated rings. The third-order valence-corrected chi connectivity index (χ3v) is 7.00. The summed E-state index contributed by atoms with van der Waals surface area (Å²) in [6, 6.07) is 0. The van der Waals surface area contributed by atoms with Crippen LogP contribution in [0.2, 0.25) is 0 Å². The van der Waals surface area contributed by atoms with Crippen LogP contribution in [0.4, 0.5) is 5.69 Å². The zero-order valence-corrected chi connectivity index (χ0v) is 22.6. The zero-order valence-electron chi connectivity index (χ0n) is 16.1. The first-order valence-electron chi connectivity index (χ1n) is 8.79. The number of benzene rings is 1. The standard InChI is InChI=1S/C17H23I3N4O6/c1-24(9(28)8-21-2-5-25)15-13(19)10(16(29)22-3-6-26)12(18)11(14(15)20)17(30)23-4-7-27/h21,25-27H,2-8H2,1H3,(H,22,29)(H,23,30). The molecule has 0 spiro atoms. The number of likely N-dealkylation sites (N-methyl/N-ethyl adjacent to an activating group) is 1. The Labute approximate surface area is 215 Å². The summed E-state index contributed by atoms with van der Waals surface area (Å²) in [6.07, 6.45) is 0. The Hall–Kier alpha value is -0.340. The van der Waals surface area contributed by atoms with E-state index in [0.717, 1.165) is 0 Å². The van der Waals surface area contributed by atoms with Crippen molar-refractivity contribution in [2.24, 2.45) is 0 Å². The highest BCUT2D eigenvalue weighted by Crippen LogP contribution is 2.37. The van der Waals surface area contributed by atoms with Gasteiger partial charge in [-0.3, -0.25) is 14.4 Å². The van der Waals surface area contributed by atoms with Gasteiger partial charge in [0.15, 0.2) is 0 Å². The van der Waals surface area contributed by atoms with E-state index in [4.69, 9.17) is 15.3 Å². The van der Waals surface area contributed by atoms with E-state index in [0.29, 0.717) is 16.4 Å². The van der Waals surface area contributed by atoms with Gasteiger partial charge in [-0.1, -0.05) is 0 Å². The minimum absolute atomic E-state index is 0.0344. The smallest absolute Gasteiger partial charge is 0.253 e.